The first-order valence-corrected chi connectivity index (χ1v) is 6.85. The number of para-hydroxylation sites is 1. The van der Waals surface area contributed by atoms with Crippen molar-refractivity contribution in [2.24, 2.45) is 5.84 Å². The fourth-order valence-electron chi connectivity index (χ4n) is 2.10. The van der Waals surface area contributed by atoms with Crippen LogP contribution in [-0.4, -0.2) is 7.11 Å². The third-order valence-corrected chi connectivity index (χ3v) is 4.06. The molecule has 1 unspecified atom stereocenters. The molecule has 18 heavy (non-hydrogen) atoms. The maximum absolute atomic E-state index is 5.74. The van der Waals surface area contributed by atoms with Gasteiger partial charge < -0.3 is 4.74 Å². The van der Waals surface area contributed by atoms with Crippen LogP contribution in [0, 0.1) is 0 Å². The van der Waals surface area contributed by atoms with Crippen LogP contribution in [0.2, 0.25) is 0 Å². The molecule has 96 valence electrons. The van der Waals surface area contributed by atoms with Crippen molar-refractivity contribution in [1.82, 2.24) is 5.43 Å². The molecule has 1 atom stereocenters. The summed E-state index contributed by atoms with van der Waals surface area (Å²) >= 11 is 1.72. The van der Waals surface area contributed by atoms with Gasteiger partial charge in [0.1, 0.15) is 5.75 Å². The van der Waals surface area contributed by atoms with Crippen molar-refractivity contribution in [1.29, 1.82) is 0 Å². The summed E-state index contributed by atoms with van der Waals surface area (Å²) in [7, 11) is 1.68. The van der Waals surface area contributed by atoms with Crippen LogP contribution in [0.15, 0.2) is 35.7 Å². The monoisotopic (exact) mass is 262 g/mol. The number of rotatable bonds is 5. The van der Waals surface area contributed by atoms with Crippen molar-refractivity contribution in [3.05, 3.63) is 51.7 Å². The molecule has 0 fully saturated rings. The maximum atomic E-state index is 5.74. The minimum atomic E-state index is -0.0175. The molecule has 0 amide bonds. The summed E-state index contributed by atoms with van der Waals surface area (Å²) < 4.78 is 5.41. The Balaban J connectivity index is 2.45. The van der Waals surface area contributed by atoms with Crippen molar-refractivity contribution in [3.63, 3.8) is 0 Å². The zero-order valence-electron chi connectivity index (χ0n) is 10.6. The van der Waals surface area contributed by atoms with Crippen molar-refractivity contribution >= 4 is 11.3 Å². The number of hydrogen-bond acceptors (Lipinski definition) is 4. The molecule has 1 heterocycles. The number of nitrogens with two attached hydrogens (primary N) is 1. The van der Waals surface area contributed by atoms with Crippen LogP contribution in [-0.2, 0) is 6.42 Å². The van der Waals surface area contributed by atoms with Crippen LogP contribution in [0.1, 0.15) is 29.0 Å². The van der Waals surface area contributed by atoms with Crippen LogP contribution < -0.4 is 16.0 Å². The topological polar surface area (TPSA) is 47.3 Å². The van der Waals surface area contributed by atoms with E-state index in [0.717, 1.165) is 17.7 Å². The first-order valence-electron chi connectivity index (χ1n) is 5.97. The first kappa shape index (κ1) is 13.1. The van der Waals surface area contributed by atoms with Crippen LogP contribution in [0.5, 0.6) is 5.75 Å². The van der Waals surface area contributed by atoms with Crippen molar-refractivity contribution < 1.29 is 4.74 Å². The number of hydrazine groups is 1. The van der Waals surface area contributed by atoms with E-state index in [4.69, 9.17) is 10.6 Å². The number of hydrogen-bond donors (Lipinski definition) is 2. The molecule has 0 aliphatic rings. The van der Waals surface area contributed by atoms with Gasteiger partial charge in [0.2, 0.25) is 0 Å². The second-order valence-corrected chi connectivity index (χ2v) is 4.95. The van der Waals surface area contributed by atoms with Gasteiger partial charge in [0.25, 0.3) is 0 Å². The van der Waals surface area contributed by atoms with Gasteiger partial charge in [0.15, 0.2) is 0 Å². The summed E-state index contributed by atoms with van der Waals surface area (Å²) in [6.07, 6.45) is 1.01. The Morgan fingerprint density at radius 1 is 1.33 bits per heavy atom. The van der Waals surface area contributed by atoms with E-state index >= 15 is 0 Å². The van der Waals surface area contributed by atoms with Gasteiger partial charge in [-0.1, -0.05) is 25.1 Å². The zero-order valence-corrected chi connectivity index (χ0v) is 11.5. The van der Waals surface area contributed by atoms with Gasteiger partial charge in [-0.3, -0.25) is 5.84 Å². The highest BCUT2D eigenvalue weighted by Crippen LogP contribution is 2.34. The fraction of sp³-hybridized carbons (Fsp3) is 0.286. The smallest absolute Gasteiger partial charge is 0.124 e. The highest BCUT2D eigenvalue weighted by Gasteiger charge is 2.20. The second-order valence-electron chi connectivity index (χ2n) is 4.01. The summed E-state index contributed by atoms with van der Waals surface area (Å²) in [5.74, 6) is 6.60. The van der Waals surface area contributed by atoms with Gasteiger partial charge in [-0.25, -0.2) is 5.43 Å². The molecular weight excluding hydrogens is 244 g/mol. The molecule has 0 aliphatic carbocycles. The van der Waals surface area contributed by atoms with Gasteiger partial charge in [-0.2, -0.15) is 0 Å². The van der Waals surface area contributed by atoms with Gasteiger partial charge >= 0.3 is 0 Å². The molecule has 4 heteroatoms. The maximum Gasteiger partial charge on any atom is 0.124 e. The van der Waals surface area contributed by atoms with Crippen molar-refractivity contribution in [2.45, 2.75) is 19.4 Å². The Morgan fingerprint density at radius 2 is 2.11 bits per heavy atom. The lowest BCUT2D eigenvalue weighted by Gasteiger charge is -2.19. The Hall–Kier alpha value is -1.36. The van der Waals surface area contributed by atoms with Crippen LogP contribution in [0.3, 0.4) is 0 Å². The lowest BCUT2D eigenvalue weighted by Crippen LogP contribution is -2.29. The van der Waals surface area contributed by atoms with Gasteiger partial charge in [-0.15, -0.1) is 11.3 Å². The summed E-state index contributed by atoms with van der Waals surface area (Å²) in [5.41, 5.74) is 5.30. The predicted octanol–water partition coefficient (Wildman–Crippen LogP) is 2.87. The number of methoxy groups -OCH3 is 1. The van der Waals surface area contributed by atoms with Gasteiger partial charge in [0, 0.05) is 10.4 Å². The van der Waals surface area contributed by atoms with Crippen LogP contribution >= 0.6 is 11.3 Å². The molecule has 0 aliphatic heterocycles. The second kappa shape index (κ2) is 6.00. The molecule has 0 radical (unpaired) electrons. The average Bonchev–Trinajstić information content (AvgIpc) is 2.88. The molecule has 0 saturated carbocycles. The van der Waals surface area contributed by atoms with E-state index in [2.05, 4.69) is 23.8 Å². The molecular formula is C14H18N2OS. The normalized spacial score (nSPS) is 12.4. The average molecular weight is 262 g/mol. The third kappa shape index (κ3) is 2.41. The summed E-state index contributed by atoms with van der Waals surface area (Å²) in [6, 6.07) is 10.1. The van der Waals surface area contributed by atoms with Gasteiger partial charge in [-0.05, 0) is 29.5 Å². The molecule has 0 spiro atoms. The molecule has 3 nitrogen and oxygen atoms in total. The van der Waals surface area contributed by atoms with E-state index in [9.17, 15) is 0 Å². The fourth-order valence-corrected chi connectivity index (χ4v) is 3.18. The molecule has 0 bridgehead atoms. The Labute approximate surface area is 112 Å². The Kier molecular flexibility index (Phi) is 4.36. The summed E-state index contributed by atoms with van der Waals surface area (Å²) in [4.78, 5) is 1.25. The molecule has 2 rings (SSSR count). The SMILES string of the molecule is CCc1ccsc1C(NN)c1ccccc1OC. The largest absolute Gasteiger partial charge is 0.496 e. The Bertz CT molecular complexity index is 510. The molecule has 2 aromatic rings. The minimum absolute atomic E-state index is 0.0175. The van der Waals surface area contributed by atoms with E-state index in [0.29, 0.717) is 0 Å². The quantitative estimate of drug-likeness (QED) is 0.643. The highest BCUT2D eigenvalue weighted by atomic mass is 32.1. The van der Waals surface area contributed by atoms with E-state index in [1.165, 1.54) is 10.4 Å². The third-order valence-electron chi connectivity index (χ3n) is 3.04. The number of benzene rings is 1. The number of nitrogens with one attached hydrogen (secondary N) is 1. The van der Waals surface area contributed by atoms with E-state index in [1.54, 1.807) is 18.4 Å². The van der Waals surface area contributed by atoms with Crippen molar-refractivity contribution in [2.75, 3.05) is 7.11 Å². The minimum Gasteiger partial charge on any atom is -0.496 e. The van der Waals surface area contributed by atoms with Crippen LogP contribution in [0.4, 0.5) is 0 Å². The van der Waals surface area contributed by atoms with E-state index in [1.807, 2.05) is 24.3 Å². The molecule has 3 N–H and O–H groups in total. The number of thiophene rings is 1. The Morgan fingerprint density at radius 3 is 2.78 bits per heavy atom. The zero-order chi connectivity index (χ0) is 13.0. The van der Waals surface area contributed by atoms with Crippen molar-refractivity contribution in [3.8, 4) is 5.75 Å². The lowest BCUT2D eigenvalue weighted by molar-refractivity contribution is 0.404. The van der Waals surface area contributed by atoms with Gasteiger partial charge in [0.05, 0.1) is 13.2 Å². The standard InChI is InChI=1S/C14H18N2OS/c1-3-10-8-9-18-14(10)13(16-15)11-6-4-5-7-12(11)17-2/h4-9,13,16H,3,15H2,1-2H3. The van der Waals surface area contributed by atoms with E-state index in [-0.39, 0.29) is 6.04 Å². The summed E-state index contributed by atoms with van der Waals surface area (Å²) in [6.45, 7) is 2.15. The first-order chi connectivity index (χ1) is 8.81. The molecule has 0 saturated heterocycles. The lowest BCUT2D eigenvalue weighted by atomic mass is 10.0. The van der Waals surface area contributed by atoms with Crippen LogP contribution in [0.25, 0.3) is 0 Å². The highest BCUT2D eigenvalue weighted by molar-refractivity contribution is 7.10. The predicted molar refractivity (Wildman–Crippen MR) is 75.9 cm³/mol. The molecule has 1 aromatic heterocycles. The van der Waals surface area contributed by atoms with E-state index < -0.39 is 0 Å². The molecule has 1 aromatic carbocycles. The number of ether oxygens (including phenoxy) is 1. The number of aryl methyl sites for hydroxylation is 1. The summed E-state index contributed by atoms with van der Waals surface area (Å²) in [5, 5.41) is 2.11.